The Hall–Kier alpha value is -1.76. The molecule has 7 heteroatoms. The molecule has 1 amide bonds. The number of halogens is 3. The average Bonchev–Trinajstić information content (AvgIpc) is 2.73. The van der Waals surface area contributed by atoms with E-state index in [4.69, 9.17) is 4.74 Å². The summed E-state index contributed by atoms with van der Waals surface area (Å²) in [5.74, 6) is -4.03. The Morgan fingerprint density at radius 1 is 1.55 bits per heavy atom. The summed E-state index contributed by atoms with van der Waals surface area (Å²) in [7, 11) is 0. The molecule has 1 aliphatic rings. The normalized spacial score (nSPS) is 20.7. The van der Waals surface area contributed by atoms with E-state index in [1.54, 1.807) is 6.92 Å². The van der Waals surface area contributed by atoms with Gasteiger partial charge in [0.25, 0.3) is 5.92 Å². The monoisotopic (exact) mass is 288 g/mol. The lowest BCUT2D eigenvalue weighted by Gasteiger charge is -2.12. The predicted octanol–water partition coefficient (Wildman–Crippen LogP) is 2.16. The SMILES string of the molecule is CCOc1ccc(NC(=O)C2CC(F)(F)CN2)cc1F. The van der Waals surface area contributed by atoms with E-state index in [0.717, 1.165) is 6.07 Å². The van der Waals surface area contributed by atoms with Crippen molar-refractivity contribution in [3.05, 3.63) is 24.0 Å². The molecule has 0 aliphatic carbocycles. The summed E-state index contributed by atoms with van der Waals surface area (Å²) in [6.07, 6.45) is -0.557. The molecular formula is C13H15F3N2O2. The number of rotatable bonds is 4. The van der Waals surface area contributed by atoms with Crippen molar-refractivity contribution in [1.82, 2.24) is 5.32 Å². The van der Waals surface area contributed by atoms with E-state index >= 15 is 0 Å². The molecule has 0 spiro atoms. The molecule has 1 atom stereocenters. The molecule has 1 aromatic rings. The van der Waals surface area contributed by atoms with E-state index < -0.39 is 36.7 Å². The highest BCUT2D eigenvalue weighted by molar-refractivity contribution is 5.95. The highest BCUT2D eigenvalue weighted by atomic mass is 19.3. The number of benzene rings is 1. The van der Waals surface area contributed by atoms with Crippen molar-refractivity contribution in [3.8, 4) is 5.75 Å². The number of alkyl halides is 2. The summed E-state index contributed by atoms with van der Waals surface area (Å²) in [6, 6.07) is 2.96. The fourth-order valence-corrected chi connectivity index (χ4v) is 1.98. The topological polar surface area (TPSA) is 50.4 Å². The van der Waals surface area contributed by atoms with E-state index in [1.807, 2.05) is 0 Å². The second kappa shape index (κ2) is 5.70. The zero-order chi connectivity index (χ0) is 14.8. The van der Waals surface area contributed by atoms with E-state index in [1.165, 1.54) is 12.1 Å². The van der Waals surface area contributed by atoms with Crippen LogP contribution in [0.2, 0.25) is 0 Å². The van der Waals surface area contributed by atoms with Gasteiger partial charge in [0.2, 0.25) is 5.91 Å². The van der Waals surface area contributed by atoms with Gasteiger partial charge in [-0.1, -0.05) is 0 Å². The van der Waals surface area contributed by atoms with Gasteiger partial charge < -0.3 is 10.1 Å². The first-order chi connectivity index (χ1) is 9.41. The first-order valence-corrected chi connectivity index (χ1v) is 6.26. The third-order valence-corrected chi connectivity index (χ3v) is 2.93. The summed E-state index contributed by atoms with van der Waals surface area (Å²) in [4.78, 5) is 11.8. The van der Waals surface area contributed by atoms with Crippen LogP contribution in [-0.2, 0) is 4.79 Å². The Morgan fingerprint density at radius 2 is 2.30 bits per heavy atom. The Kier molecular flexibility index (Phi) is 4.17. The number of carbonyl (C=O) groups excluding carboxylic acids is 1. The van der Waals surface area contributed by atoms with Crippen molar-refractivity contribution in [1.29, 1.82) is 0 Å². The van der Waals surface area contributed by atoms with Crippen molar-refractivity contribution in [2.45, 2.75) is 25.3 Å². The highest BCUT2D eigenvalue weighted by Gasteiger charge is 2.42. The molecule has 2 rings (SSSR count). The van der Waals surface area contributed by atoms with Crippen LogP contribution in [0, 0.1) is 5.82 Å². The fourth-order valence-electron chi connectivity index (χ4n) is 1.98. The Morgan fingerprint density at radius 3 is 2.85 bits per heavy atom. The van der Waals surface area contributed by atoms with Crippen LogP contribution < -0.4 is 15.4 Å². The third-order valence-electron chi connectivity index (χ3n) is 2.93. The maximum Gasteiger partial charge on any atom is 0.262 e. The third kappa shape index (κ3) is 3.41. The van der Waals surface area contributed by atoms with Gasteiger partial charge in [0, 0.05) is 18.2 Å². The molecule has 1 unspecified atom stereocenters. The van der Waals surface area contributed by atoms with Gasteiger partial charge in [0.15, 0.2) is 11.6 Å². The number of amides is 1. The largest absolute Gasteiger partial charge is 0.491 e. The summed E-state index contributed by atoms with van der Waals surface area (Å²) in [5.41, 5.74) is 0.202. The van der Waals surface area contributed by atoms with E-state index in [-0.39, 0.29) is 11.4 Å². The van der Waals surface area contributed by atoms with E-state index in [9.17, 15) is 18.0 Å². The molecule has 0 bridgehead atoms. The summed E-state index contributed by atoms with van der Waals surface area (Å²) < 4.78 is 44.6. The van der Waals surface area contributed by atoms with Crippen LogP contribution in [0.3, 0.4) is 0 Å². The number of anilines is 1. The van der Waals surface area contributed by atoms with Crippen molar-refractivity contribution < 1.29 is 22.7 Å². The average molecular weight is 288 g/mol. The van der Waals surface area contributed by atoms with Gasteiger partial charge in [0.05, 0.1) is 19.2 Å². The van der Waals surface area contributed by atoms with Crippen LogP contribution in [0.1, 0.15) is 13.3 Å². The highest BCUT2D eigenvalue weighted by Crippen LogP contribution is 2.26. The lowest BCUT2D eigenvalue weighted by Crippen LogP contribution is -2.35. The van der Waals surface area contributed by atoms with Crippen LogP contribution >= 0.6 is 0 Å². The van der Waals surface area contributed by atoms with E-state index in [0.29, 0.717) is 6.61 Å². The fraction of sp³-hybridized carbons (Fsp3) is 0.462. The van der Waals surface area contributed by atoms with Gasteiger partial charge in [-0.05, 0) is 19.1 Å². The maximum absolute atomic E-state index is 13.6. The first kappa shape index (κ1) is 14.6. The van der Waals surface area contributed by atoms with Gasteiger partial charge in [-0.15, -0.1) is 0 Å². The second-order valence-electron chi connectivity index (χ2n) is 4.56. The van der Waals surface area contributed by atoms with Crippen LogP contribution in [-0.4, -0.2) is 31.0 Å². The molecule has 2 N–H and O–H groups in total. The Labute approximate surface area is 114 Å². The summed E-state index contributed by atoms with van der Waals surface area (Å²) >= 11 is 0. The van der Waals surface area contributed by atoms with Gasteiger partial charge in [0.1, 0.15) is 0 Å². The zero-order valence-corrected chi connectivity index (χ0v) is 10.9. The maximum atomic E-state index is 13.6. The van der Waals surface area contributed by atoms with Crippen LogP contribution in [0.25, 0.3) is 0 Å². The van der Waals surface area contributed by atoms with Crippen molar-refractivity contribution in [3.63, 3.8) is 0 Å². The quantitative estimate of drug-likeness (QED) is 0.892. The van der Waals surface area contributed by atoms with Crippen molar-refractivity contribution in [2.75, 3.05) is 18.5 Å². The van der Waals surface area contributed by atoms with Crippen LogP contribution in [0.15, 0.2) is 18.2 Å². The standard InChI is InChI=1S/C13H15F3N2O2/c1-2-20-11-4-3-8(5-9(11)14)18-12(19)10-6-13(15,16)7-17-10/h3-5,10,17H,2,6-7H2,1H3,(H,18,19). The Balaban J connectivity index is 2.00. The molecule has 1 heterocycles. The molecule has 110 valence electrons. The molecule has 0 aromatic heterocycles. The molecular weight excluding hydrogens is 273 g/mol. The zero-order valence-electron chi connectivity index (χ0n) is 10.9. The molecule has 1 aliphatic heterocycles. The number of ether oxygens (including phenoxy) is 1. The van der Waals surface area contributed by atoms with Crippen LogP contribution in [0.5, 0.6) is 5.75 Å². The first-order valence-electron chi connectivity index (χ1n) is 6.26. The van der Waals surface area contributed by atoms with Gasteiger partial charge in [-0.2, -0.15) is 0 Å². The van der Waals surface area contributed by atoms with Gasteiger partial charge in [-0.25, -0.2) is 13.2 Å². The predicted molar refractivity (Wildman–Crippen MR) is 67.6 cm³/mol. The molecule has 4 nitrogen and oxygen atoms in total. The molecule has 1 fully saturated rings. The lowest BCUT2D eigenvalue weighted by atomic mass is 10.2. The van der Waals surface area contributed by atoms with Crippen molar-refractivity contribution in [2.24, 2.45) is 0 Å². The summed E-state index contributed by atoms with van der Waals surface area (Å²) in [6.45, 7) is 1.52. The molecule has 0 saturated carbocycles. The van der Waals surface area contributed by atoms with Crippen LogP contribution in [0.4, 0.5) is 18.9 Å². The second-order valence-corrected chi connectivity index (χ2v) is 4.56. The van der Waals surface area contributed by atoms with Gasteiger partial charge in [-0.3, -0.25) is 10.1 Å². The molecule has 1 saturated heterocycles. The minimum atomic E-state index is -2.88. The van der Waals surface area contributed by atoms with Gasteiger partial charge >= 0.3 is 0 Å². The Bertz CT molecular complexity index is 508. The smallest absolute Gasteiger partial charge is 0.262 e. The summed E-state index contributed by atoms with van der Waals surface area (Å²) in [5, 5.41) is 4.83. The van der Waals surface area contributed by atoms with Crippen molar-refractivity contribution >= 4 is 11.6 Å². The molecule has 20 heavy (non-hydrogen) atoms. The number of hydrogen-bond donors (Lipinski definition) is 2. The number of nitrogens with one attached hydrogen (secondary N) is 2. The number of hydrogen-bond acceptors (Lipinski definition) is 3. The number of carbonyl (C=O) groups is 1. The molecule has 0 radical (unpaired) electrons. The molecule has 1 aromatic carbocycles. The minimum Gasteiger partial charge on any atom is -0.491 e. The van der Waals surface area contributed by atoms with E-state index in [2.05, 4.69) is 10.6 Å². The lowest BCUT2D eigenvalue weighted by molar-refractivity contribution is -0.118. The minimum absolute atomic E-state index is 0.0797.